The first-order chi connectivity index (χ1) is 9.38. The van der Waals surface area contributed by atoms with Crippen LogP contribution in [0.2, 0.25) is 0 Å². The molecular weight excluding hydrogens is 259 g/mol. The Hall–Kier alpha value is -1.58. The monoisotopic (exact) mass is 282 g/mol. The molecule has 4 heteroatoms. The second-order valence-electron chi connectivity index (χ2n) is 5.60. The van der Waals surface area contributed by atoms with Gasteiger partial charge in [0.15, 0.2) is 0 Å². The van der Waals surface area contributed by atoms with Gasteiger partial charge >= 0.3 is 5.97 Å². The van der Waals surface area contributed by atoms with Crippen LogP contribution in [0.3, 0.4) is 0 Å². The van der Waals surface area contributed by atoms with Gasteiger partial charge in [0.2, 0.25) is 0 Å². The molecule has 0 fully saturated rings. The Morgan fingerprint density at radius 2 is 2.05 bits per heavy atom. The van der Waals surface area contributed by atoms with Gasteiger partial charge in [-0.25, -0.2) is 4.39 Å². The summed E-state index contributed by atoms with van der Waals surface area (Å²) in [5, 5.41) is 0. The van der Waals surface area contributed by atoms with Crippen molar-refractivity contribution in [1.29, 1.82) is 0 Å². The van der Waals surface area contributed by atoms with Crippen molar-refractivity contribution >= 4 is 5.97 Å². The number of ether oxygens (including phenoxy) is 2. The van der Waals surface area contributed by atoms with Crippen LogP contribution in [0.4, 0.5) is 4.39 Å². The van der Waals surface area contributed by atoms with Crippen LogP contribution in [0.1, 0.15) is 39.2 Å². The van der Waals surface area contributed by atoms with Crippen molar-refractivity contribution in [3.05, 3.63) is 29.6 Å². The normalized spacial score (nSPS) is 11.2. The highest BCUT2D eigenvalue weighted by Crippen LogP contribution is 2.28. The van der Waals surface area contributed by atoms with E-state index in [1.54, 1.807) is 19.1 Å². The van der Waals surface area contributed by atoms with Crippen LogP contribution in [-0.2, 0) is 16.0 Å². The molecule has 0 radical (unpaired) electrons. The summed E-state index contributed by atoms with van der Waals surface area (Å²) in [5.41, 5.74) is 0.432. The number of carbonyl (C=O) groups is 1. The van der Waals surface area contributed by atoms with Gasteiger partial charge in [-0.1, -0.05) is 19.9 Å². The lowest BCUT2D eigenvalue weighted by Gasteiger charge is -2.23. The standard InChI is InChI=1S/C16H23FO3/c1-5-20-15(18)11-16(2,3)9-8-12-6-7-13(19-4)10-14(12)17/h6-7,10H,5,8-9,11H2,1-4H3. The van der Waals surface area contributed by atoms with Gasteiger partial charge in [0.05, 0.1) is 20.1 Å². The third-order valence-electron chi connectivity index (χ3n) is 3.26. The van der Waals surface area contributed by atoms with Crippen molar-refractivity contribution in [3.63, 3.8) is 0 Å². The maximum Gasteiger partial charge on any atom is 0.306 e. The first-order valence-corrected chi connectivity index (χ1v) is 6.86. The molecule has 0 heterocycles. The first-order valence-electron chi connectivity index (χ1n) is 6.86. The number of aryl methyl sites for hydroxylation is 1. The van der Waals surface area contributed by atoms with E-state index in [4.69, 9.17) is 9.47 Å². The van der Waals surface area contributed by atoms with E-state index in [1.165, 1.54) is 13.2 Å². The molecule has 0 saturated carbocycles. The van der Waals surface area contributed by atoms with Crippen molar-refractivity contribution in [2.75, 3.05) is 13.7 Å². The molecule has 0 saturated heterocycles. The zero-order valence-electron chi connectivity index (χ0n) is 12.7. The average Bonchev–Trinajstić information content (AvgIpc) is 2.36. The molecule has 0 bridgehead atoms. The Kier molecular flexibility index (Phi) is 5.99. The number of hydrogen-bond acceptors (Lipinski definition) is 3. The van der Waals surface area contributed by atoms with E-state index < -0.39 is 0 Å². The van der Waals surface area contributed by atoms with E-state index >= 15 is 0 Å². The van der Waals surface area contributed by atoms with Crippen molar-refractivity contribution in [1.82, 2.24) is 0 Å². The first kappa shape index (κ1) is 16.5. The number of halogens is 1. The lowest BCUT2D eigenvalue weighted by Crippen LogP contribution is -2.20. The number of methoxy groups -OCH3 is 1. The van der Waals surface area contributed by atoms with Gasteiger partial charge in [-0.05, 0) is 36.8 Å². The Morgan fingerprint density at radius 1 is 1.35 bits per heavy atom. The fourth-order valence-electron chi connectivity index (χ4n) is 2.02. The second-order valence-corrected chi connectivity index (χ2v) is 5.60. The average molecular weight is 282 g/mol. The molecule has 0 amide bonds. The smallest absolute Gasteiger partial charge is 0.306 e. The molecule has 3 nitrogen and oxygen atoms in total. The third kappa shape index (κ3) is 5.19. The molecule has 0 aliphatic heterocycles. The van der Waals surface area contributed by atoms with Crippen LogP contribution in [-0.4, -0.2) is 19.7 Å². The SMILES string of the molecule is CCOC(=O)CC(C)(C)CCc1ccc(OC)cc1F. The van der Waals surface area contributed by atoms with Gasteiger partial charge in [0.1, 0.15) is 11.6 Å². The van der Waals surface area contributed by atoms with Gasteiger partial charge in [0.25, 0.3) is 0 Å². The molecule has 0 spiro atoms. The van der Waals surface area contributed by atoms with E-state index in [9.17, 15) is 9.18 Å². The molecule has 0 N–H and O–H groups in total. The zero-order valence-corrected chi connectivity index (χ0v) is 12.7. The Labute approximate surface area is 120 Å². The number of hydrogen-bond donors (Lipinski definition) is 0. The summed E-state index contributed by atoms with van der Waals surface area (Å²) in [4.78, 5) is 11.5. The fourth-order valence-corrected chi connectivity index (χ4v) is 2.02. The van der Waals surface area contributed by atoms with Crippen LogP contribution in [0, 0.1) is 11.2 Å². The summed E-state index contributed by atoms with van der Waals surface area (Å²) in [5.74, 6) is 0.0426. The minimum Gasteiger partial charge on any atom is -0.497 e. The highest BCUT2D eigenvalue weighted by Gasteiger charge is 2.23. The largest absolute Gasteiger partial charge is 0.497 e. The zero-order chi connectivity index (χ0) is 15.2. The number of esters is 1. The van der Waals surface area contributed by atoms with E-state index in [1.807, 2.05) is 13.8 Å². The predicted octanol–water partition coefficient (Wildman–Crippen LogP) is 3.75. The summed E-state index contributed by atoms with van der Waals surface area (Å²) in [6, 6.07) is 4.86. The minimum absolute atomic E-state index is 0.201. The van der Waals surface area contributed by atoms with Gasteiger partial charge in [0, 0.05) is 6.07 Å². The molecule has 1 aromatic rings. The van der Waals surface area contributed by atoms with Crippen LogP contribution < -0.4 is 4.74 Å². The summed E-state index contributed by atoms with van der Waals surface area (Å²) in [7, 11) is 1.51. The van der Waals surface area contributed by atoms with Crippen LogP contribution in [0.5, 0.6) is 5.75 Å². The Bertz CT molecular complexity index is 455. The third-order valence-corrected chi connectivity index (χ3v) is 3.26. The molecule has 1 rings (SSSR count). The second kappa shape index (κ2) is 7.27. The molecule has 0 aliphatic carbocycles. The van der Waals surface area contributed by atoms with Gasteiger partial charge < -0.3 is 9.47 Å². The Morgan fingerprint density at radius 3 is 2.60 bits per heavy atom. The van der Waals surface area contributed by atoms with E-state index in [2.05, 4.69) is 0 Å². The van der Waals surface area contributed by atoms with Crippen molar-refractivity contribution in [3.8, 4) is 5.75 Å². The van der Waals surface area contributed by atoms with E-state index in [0.29, 0.717) is 30.8 Å². The maximum atomic E-state index is 13.8. The van der Waals surface area contributed by atoms with Gasteiger partial charge in [-0.2, -0.15) is 0 Å². The molecule has 0 aliphatic rings. The van der Waals surface area contributed by atoms with Gasteiger partial charge in [-0.15, -0.1) is 0 Å². The molecule has 0 atom stereocenters. The molecule has 1 aromatic carbocycles. The van der Waals surface area contributed by atoms with Crippen LogP contribution >= 0.6 is 0 Å². The minimum atomic E-state index is -0.267. The summed E-state index contributed by atoms with van der Waals surface area (Å²) in [6.07, 6.45) is 1.65. The van der Waals surface area contributed by atoms with Crippen molar-refractivity contribution in [2.45, 2.75) is 40.0 Å². The lowest BCUT2D eigenvalue weighted by atomic mass is 9.83. The molecular formula is C16H23FO3. The van der Waals surface area contributed by atoms with E-state index in [0.717, 1.165) is 6.42 Å². The van der Waals surface area contributed by atoms with Gasteiger partial charge in [-0.3, -0.25) is 4.79 Å². The van der Waals surface area contributed by atoms with E-state index in [-0.39, 0.29) is 17.2 Å². The summed E-state index contributed by atoms with van der Waals surface area (Å²) >= 11 is 0. The van der Waals surface area contributed by atoms with Crippen LogP contribution in [0.25, 0.3) is 0 Å². The highest BCUT2D eigenvalue weighted by atomic mass is 19.1. The van der Waals surface area contributed by atoms with Crippen molar-refractivity contribution in [2.24, 2.45) is 5.41 Å². The number of carbonyl (C=O) groups excluding carboxylic acids is 1. The predicted molar refractivity (Wildman–Crippen MR) is 76.3 cm³/mol. The quantitative estimate of drug-likeness (QED) is 0.715. The topological polar surface area (TPSA) is 35.5 Å². The molecule has 20 heavy (non-hydrogen) atoms. The number of benzene rings is 1. The maximum absolute atomic E-state index is 13.8. The summed E-state index contributed by atoms with van der Waals surface area (Å²) in [6.45, 7) is 6.16. The summed E-state index contributed by atoms with van der Waals surface area (Å²) < 4.78 is 23.8. The molecule has 0 aromatic heterocycles. The number of rotatable bonds is 7. The lowest BCUT2D eigenvalue weighted by molar-refractivity contribution is -0.145. The fraction of sp³-hybridized carbons (Fsp3) is 0.562. The highest BCUT2D eigenvalue weighted by molar-refractivity contribution is 5.70. The Balaban J connectivity index is 2.59. The molecule has 0 unspecified atom stereocenters. The van der Waals surface area contributed by atoms with Crippen LogP contribution in [0.15, 0.2) is 18.2 Å². The van der Waals surface area contributed by atoms with Crippen molar-refractivity contribution < 1.29 is 18.7 Å². The molecule has 112 valence electrons.